The van der Waals surface area contributed by atoms with Crippen LogP contribution < -0.4 is 4.74 Å². The summed E-state index contributed by atoms with van der Waals surface area (Å²) in [4.78, 5) is 29.2. The zero-order valence-electron chi connectivity index (χ0n) is 16.1. The third kappa shape index (κ3) is 4.01. The molecule has 0 aliphatic heterocycles. The second-order valence-corrected chi connectivity index (χ2v) is 7.06. The molecule has 3 aromatic rings. The lowest BCUT2D eigenvalue weighted by Crippen LogP contribution is -2.19. The van der Waals surface area contributed by atoms with Crippen molar-refractivity contribution in [1.82, 2.24) is 4.98 Å². The number of para-hydroxylation sites is 1. The molecule has 8 heteroatoms. The molecule has 0 amide bonds. The Bertz CT molecular complexity index is 1230. The van der Waals surface area contributed by atoms with Crippen molar-refractivity contribution in [3.05, 3.63) is 77.2 Å². The van der Waals surface area contributed by atoms with Gasteiger partial charge in [-0.3, -0.25) is 14.6 Å². The minimum absolute atomic E-state index is 0.0736. The molecule has 1 heterocycles. The normalized spacial score (nSPS) is 14.7. The van der Waals surface area contributed by atoms with Crippen LogP contribution in [0.25, 0.3) is 10.9 Å². The van der Waals surface area contributed by atoms with E-state index in [4.69, 9.17) is 4.74 Å². The number of hydrogen-bond acceptors (Lipinski definition) is 5. The maximum Gasteiger partial charge on any atom is 0.419 e. The number of alkyl halides is 3. The topological polar surface area (TPSA) is 76.5 Å². The summed E-state index contributed by atoms with van der Waals surface area (Å²) in [6.07, 6.45) is -2.34. The molecule has 0 atom stereocenters. The first-order valence-corrected chi connectivity index (χ1v) is 9.48. The third-order valence-electron chi connectivity index (χ3n) is 4.99. The van der Waals surface area contributed by atoms with Crippen LogP contribution in [-0.4, -0.2) is 21.7 Å². The van der Waals surface area contributed by atoms with Gasteiger partial charge in [-0.2, -0.15) is 13.2 Å². The molecule has 5 nitrogen and oxygen atoms in total. The highest BCUT2D eigenvalue weighted by Crippen LogP contribution is 2.39. The number of Topliss-reactive ketones (excluding diaryl/α,β-unsaturated/α-hetero) is 2. The molecular weight excluding hydrogens is 411 g/mol. The molecule has 2 aromatic carbocycles. The Kier molecular flexibility index (Phi) is 5.22. The van der Waals surface area contributed by atoms with Crippen LogP contribution in [0.1, 0.15) is 35.2 Å². The molecule has 0 saturated carbocycles. The lowest BCUT2D eigenvalue weighted by Gasteiger charge is -2.16. The molecule has 0 saturated heterocycles. The van der Waals surface area contributed by atoms with Crippen molar-refractivity contribution in [1.29, 1.82) is 0 Å². The molecule has 0 spiro atoms. The van der Waals surface area contributed by atoms with Crippen LogP contribution in [0.3, 0.4) is 0 Å². The maximum absolute atomic E-state index is 13.3. The van der Waals surface area contributed by atoms with Crippen molar-refractivity contribution >= 4 is 22.5 Å². The number of allylic oxidation sites excluding steroid dienone is 2. The van der Waals surface area contributed by atoms with Crippen LogP contribution in [0.5, 0.6) is 11.5 Å². The van der Waals surface area contributed by atoms with E-state index < -0.39 is 23.3 Å². The molecule has 0 radical (unpaired) electrons. The number of halogens is 3. The molecule has 0 bridgehead atoms. The van der Waals surface area contributed by atoms with Crippen molar-refractivity contribution in [2.75, 3.05) is 0 Å². The van der Waals surface area contributed by atoms with E-state index in [1.807, 2.05) is 0 Å². The summed E-state index contributed by atoms with van der Waals surface area (Å²) in [5.41, 5.74) is -0.688. The molecule has 1 aromatic heterocycles. The predicted octanol–water partition coefficient (Wildman–Crippen LogP) is 5.79. The lowest BCUT2D eigenvalue weighted by atomic mass is 9.90. The van der Waals surface area contributed by atoms with Crippen LogP contribution in [-0.2, 0) is 11.0 Å². The highest BCUT2D eigenvalue weighted by molar-refractivity contribution is 6.27. The number of ketones is 2. The molecule has 0 fully saturated rings. The largest absolute Gasteiger partial charge is 0.511 e. The number of nitrogens with zero attached hydrogens (tertiary/aromatic N) is 1. The molecule has 31 heavy (non-hydrogen) atoms. The van der Waals surface area contributed by atoms with Crippen molar-refractivity contribution in [2.45, 2.75) is 25.4 Å². The first kappa shape index (κ1) is 20.6. The third-order valence-corrected chi connectivity index (χ3v) is 4.99. The summed E-state index contributed by atoms with van der Waals surface area (Å²) >= 11 is 0. The van der Waals surface area contributed by atoms with Gasteiger partial charge >= 0.3 is 6.18 Å². The van der Waals surface area contributed by atoms with Crippen LogP contribution in [0.2, 0.25) is 0 Å². The summed E-state index contributed by atoms with van der Waals surface area (Å²) in [5.74, 6) is -1.64. The molecule has 0 unspecified atom stereocenters. The fraction of sp³-hybridized carbons (Fsp3) is 0.174. The van der Waals surface area contributed by atoms with Gasteiger partial charge in [0.15, 0.2) is 11.6 Å². The summed E-state index contributed by atoms with van der Waals surface area (Å²) in [7, 11) is 0. The number of aliphatic hydroxyl groups is 1. The van der Waals surface area contributed by atoms with Crippen LogP contribution in [0, 0.1) is 0 Å². The zero-order valence-corrected chi connectivity index (χ0v) is 16.1. The quantitative estimate of drug-likeness (QED) is 0.421. The van der Waals surface area contributed by atoms with E-state index in [0.717, 1.165) is 6.07 Å². The van der Waals surface area contributed by atoms with Gasteiger partial charge in [0.25, 0.3) is 0 Å². The van der Waals surface area contributed by atoms with Crippen molar-refractivity contribution in [3.8, 4) is 11.5 Å². The predicted molar refractivity (Wildman–Crippen MR) is 106 cm³/mol. The van der Waals surface area contributed by atoms with Crippen molar-refractivity contribution in [3.63, 3.8) is 0 Å². The Labute approximate surface area is 174 Å². The molecule has 158 valence electrons. The van der Waals surface area contributed by atoms with Gasteiger partial charge in [-0.1, -0.05) is 12.1 Å². The van der Waals surface area contributed by atoms with Gasteiger partial charge in [-0.25, -0.2) is 0 Å². The number of ether oxygens (including phenoxy) is 1. The number of pyridine rings is 1. The number of aliphatic hydroxyl groups excluding tert-OH is 1. The van der Waals surface area contributed by atoms with Crippen molar-refractivity contribution in [2.24, 2.45) is 0 Å². The Morgan fingerprint density at radius 1 is 1.03 bits per heavy atom. The minimum atomic E-state index is -4.61. The van der Waals surface area contributed by atoms with Crippen LogP contribution in [0.15, 0.2) is 66.1 Å². The average molecular weight is 427 g/mol. The van der Waals surface area contributed by atoms with Gasteiger partial charge in [0.1, 0.15) is 22.8 Å². The van der Waals surface area contributed by atoms with Gasteiger partial charge in [-0.15, -0.1) is 0 Å². The van der Waals surface area contributed by atoms with E-state index >= 15 is 0 Å². The van der Waals surface area contributed by atoms with Crippen LogP contribution >= 0.6 is 0 Å². The summed E-state index contributed by atoms with van der Waals surface area (Å²) in [6.45, 7) is 0. The van der Waals surface area contributed by atoms with Gasteiger partial charge in [-0.05, 0) is 42.8 Å². The Balaban J connectivity index is 1.78. The van der Waals surface area contributed by atoms with Crippen LogP contribution in [0.4, 0.5) is 13.2 Å². The fourth-order valence-corrected chi connectivity index (χ4v) is 3.49. The Hall–Kier alpha value is -3.68. The van der Waals surface area contributed by atoms with Gasteiger partial charge < -0.3 is 9.84 Å². The highest BCUT2D eigenvalue weighted by atomic mass is 19.4. The first-order chi connectivity index (χ1) is 14.8. The fourth-order valence-electron chi connectivity index (χ4n) is 3.49. The SMILES string of the molecule is O=C1CCCC(O)=C1C(=O)c1ccc2nccc(Oc3ccccc3C(F)(F)F)c2c1. The lowest BCUT2D eigenvalue weighted by molar-refractivity contribution is -0.138. The maximum atomic E-state index is 13.3. The number of rotatable bonds is 4. The second-order valence-electron chi connectivity index (χ2n) is 7.06. The highest BCUT2D eigenvalue weighted by Gasteiger charge is 2.34. The zero-order chi connectivity index (χ0) is 22.2. The molecular formula is C23H16F3NO4. The van der Waals surface area contributed by atoms with Gasteiger partial charge in [0, 0.05) is 30.0 Å². The summed E-state index contributed by atoms with van der Waals surface area (Å²) < 4.78 is 45.5. The first-order valence-electron chi connectivity index (χ1n) is 9.48. The number of aromatic nitrogens is 1. The summed E-state index contributed by atoms with van der Waals surface area (Å²) in [5, 5.41) is 10.3. The smallest absolute Gasteiger partial charge is 0.419 e. The monoisotopic (exact) mass is 427 g/mol. The number of benzene rings is 2. The number of carbonyl (C=O) groups is 2. The van der Waals surface area contributed by atoms with E-state index in [2.05, 4.69) is 4.98 Å². The second kappa shape index (κ2) is 7.86. The molecule has 1 aliphatic rings. The van der Waals surface area contributed by atoms with E-state index in [-0.39, 0.29) is 41.2 Å². The summed E-state index contributed by atoms with van der Waals surface area (Å²) in [6, 6.07) is 10.6. The standard InChI is InChI=1S/C23H16F3NO4/c24-23(25,26)15-4-1-2-7-20(15)31-19-10-11-27-16-9-8-13(12-14(16)19)22(30)21-17(28)5-3-6-18(21)29/h1-2,4,7-12,28H,3,5-6H2. The van der Waals surface area contributed by atoms with E-state index in [9.17, 15) is 27.9 Å². The Morgan fingerprint density at radius 3 is 2.55 bits per heavy atom. The van der Waals surface area contributed by atoms with E-state index in [1.54, 1.807) is 0 Å². The Morgan fingerprint density at radius 2 is 1.81 bits per heavy atom. The van der Waals surface area contributed by atoms with E-state index in [1.165, 1.54) is 48.7 Å². The number of fused-ring (bicyclic) bond motifs is 1. The molecule has 1 N–H and O–H groups in total. The average Bonchev–Trinajstić information content (AvgIpc) is 2.73. The van der Waals surface area contributed by atoms with Crippen molar-refractivity contribution < 1.29 is 32.6 Å². The number of carbonyl (C=O) groups excluding carboxylic acids is 2. The number of hydrogen-bond donors (Lipinski definition) is 1. The van der Waals surface area contributed by atoms with Gasteiger partial charge in [0.2, 0.25) is 0 Å². The van der Waals surface area contributed by atoms with Gasteiger partial charge in [0.05, 0.1) is 11.1 Å². The molecule has 1 aliphatic carbocycles. The van der Waals surface area contributed by atoms with E-state index in [0.29, 0.717) is 17.3 Å². The molecule has 4 rings (SSSR count). The minimum Gasteiger partial charge on any atom is -0.511 e.